The van der Waals surface area contributed by atoms with Gasteiger partial charge in [0.2, 0.25) is 0 Å². The number of carbonyl (C=O) groups excluding carboxylic acids is 4. The Morgan fingerprint density at radius 2 is 0.484 bits per heavy atom. The van der Waals surface area contributed by atoms with Crippen LogP contribution in [0.15, 0.2) is 0 Å². The van der Waals surface area contributed by atoms with E-state index in [2.05, 4.69) is 48.5 Å². The van der Waals surface area contributed by atoms with E-state index < -0.39 is 97.5 Å². The Bertz CT molecular complexity index is 1850. The average Bonchev–Trinajstić information content (AvgIpc) is 1.32. The number of phosphoric acid groups is 2. The van der Waals surface area contributed by atoms with Gasteiger partial charge in [-0.15, -0.1) is 0 Å². The van der Waals surface area contributed by atoms with Crippen LogP contribution < -0.4 is 0 Å². The summed E-state index contributed by atoms with van der Waals surface area (Å²) in [5.41, 5.74) is 0. The molecule has 0 aliphatic heterocycles. The van der Waals surface area contributed by atoms with Crippen molar-refractivity contribution in [1.82, 2.24) is 0 Å². The zero-order valence-corrected chi connectivity index (χ0v) is 63.9. The maximum absolute atomic E-state index is 13.1. The van der Waals surface area contributed by atoms with E-state index in [1.165, 1.54) is 193 Å². The first-order valence-corrected chi connectivity index (χ1v) is 42.3. The molecular formula is C76H148O17P2. The Balaban J connectivity index is 5.23. The van der Waals surface area contributed by atoms with Gasteiger partial charge in [0, 0.05) is 25.7 Å². The number of hydrogen-bond donors (Lipinski definition) is 3. The molecule has 0 fully saturated rings. The van der Waals surface area contributed by atoms with Crippen molar-refractivity contribution in [2.75, 3.05) is 39.6 Å². The maximum atomic E-state index is 13.1. The minimum atomic E-state index is -4.96. The molecule has 0 aromatic heterocycles. The molecule has 0 radical (unpaired) electrons. The number of rotatable bonds is 74. The van der Waals surface area contributed by atoms with Gasteiger partial charge < -0.3 is 33.8 Å². The monoisotopic (exact) mass is 1400 g/mol. The molecule has 0 aliphatic rings. The van der Waals surface area contributed by atoms with Gasteiger partial charge in [-0.05, 0) is 43.4 Å². The lowest BCUT2D eigenvalue weighted by atomic mass is 10.0. The van der Waals surface area contributed by atoms with E-state index in [1.807, 2.05) is 0 Å². The summed E-state index contributed by atoms with van der Waals surface area (Å²) < 4.78 is 68.5. The minimum Gasteiger partial charge on any atom is -0.462 e. The average molecular weight is 1400 g/mol. The highest BCUT2D eigenvalue weighted by Crippen LogP contribution is 2.45. The summed E-state index contributed by atoms with van der Waals surface area (Å²) in [7, 11) is -9.91. The first kappa shape index (κ1) is 93.1. The summed E-state index contributed by atoms with van der Waals surface area (Å²) >= 11 is 0. The third-order valence-corrected chi connectivity index (χ3v) is 19.5. The van der Waals surface area contributed by atoms with E-state index in [9.17, 15) is 43.2 Å². The largest absolute Gasteiger partial charge is 0.472 e. The fourth-order valence-electron chi connectivity index (χ4n) is 11.6. The number of carbonyl (C=O) groups is 4. The van der Waals surface area contributed by atoms with Gasteiger partial charge in [-0.3, -0.25) is 37.3 Å². The number of hydrogen-bond acceptors (Lipinski definition) is 15. The van der Waals surface area contributed by atoms with Crippen molar-refractivity contribution in [3.8, 4) is 0 Å². The van der Waals surface area contributed by atoms with Crippen LogP contribution in [0.25, 0.3) is 0 Å². The molecule has 0 aliphatic carbocycles. The van der Waals surface area contributed by atoms with E-state index in [1.54, 1.807) is 0 Å². The standard InChI is InChI=1S/C76H148O17P2/c1-8-9-10-11-12-13-14-15-16-19-22-25-30-35-43-50-57-73(78)86-63-71(92-75(80)59-52-45-36-31-26-23-20-17-18-21-24-28-33-40-47-54-67(2)3)65-90-94(82,83)88-61-70(77)62-89-95(84,85)91-66-72(64-87-74(79)58-51-44-39-38-42-49-56-69(6)7)93-76(81)60-53-46-37-32-27-29-34-41-48-55-68(4)5/h67-72,77H,8-66H2,1-7H3,(H,82,83)(H,84,85)/t70-,71-,72-/m1/s1. The molecule has 564 valence electrons. The van der Waals surface area contributed by atoms with Gasteiger partial charge in [0.05, 0.1) is 26.4 Å². The maximum Gasteiger partial charge on any atom is 0.472 e. The van der Waals surface area contributed by atoms with Crippen LogP contribution in [0.2, 0.25) is 0 Å². The van der Waals surface area contributed by atoms with Gasteiger partial charge in [-0.25, -0.2) is 9.13 Å². The Kier molecular flexibility index (Phi) is 65.2. The molecular weight excluding hydrogens is 1250 g/mol. The summed E-state index contributed by atoms with van der Waals surface area (Å²) in [6.07, 6.45) is 52.9. The molecule has 0 aromatic rings. The molecule has 0 aromatic carbocycles. The predicted molar refractivity (Wildman–Crippen MR) is 386 cm³/mol. The van der Waals surface area contributed by atoms with Gasteiger partial charge in [0.15, 0.2) is 12.2 Å². The highest BCUT2D eigenvalue weighted by Gasteiger charge is 2.30. The number of esters is 4. The molecule has 19 heteroatoms. The molecule has 0 bridgehead atoms. The Hall–Kier alpha value is -1.94. The van der Waals surface area contributed by atoms with E-state index in [-0.39, 0.29) is 25.7 Å². The summed E-state index contributed by atoms with van der Waals surface area (Å²) in [6, 6.07) is 0. The molecule has 3 N–H and O–H groups in total. The molecule has 0 spiro atoms. The molecule has 95 heavy (non-hydrogen) atoms. The van der Waals surface area contributed by atoms with Crippen molar-refractivity contribution in [3.05, 3.63) is 0 Å². The van der Waals surface area contributed by atoms with Gasteiger partial charge >= 0.3 is 39.5 Å². The van der Waals surface area contributed by atoms with Crippen molar-refractivity contribution in [1.29, 1.82) is 0 Å². The van der Waals surface area contributed by atoms with Crippen molar-refractivity contribution < 1.29 is 80.2 Å². The van der Waals surface area contributed by atoms with Crippen LogP contribution in [0, 0.1) is 17.8 Å². The molecule has 0 amide bonds. The van der Waals surface area contributed by atoms with E-state index in [0.29, 0.717) is 31.6 Å². The Morgan fingerprint density at radius 3 is 0.716 bits per heavy atom. The lowest BCUT2D eigenvalue weighted by molar-refractivity contribution is -0.161. The fourth-order valence-corrected chi connectivity index (χ4v) is 13.2. The van der Waals surface area contributed by atoms with Crippen LogP contribution in [-0.2, 0) is 65.4 Å². The third kappa shape index (κ3) is 70.3. The molecule has 0 saturated heterocycles. The highest BCUT2D eigenvalue weighted by molar-refractivity contribution is 7.47. The minimum absolute atomic E-state index is 0.104. The molecule has 2 unspecified atom stereocenters. The second-order valence-electron chi connectivity index (χ2n) is 28.8. The lowest BCUT2D eigenvalue weighted by Crippen LogP contribution is -2.30. The van der Waals surface area contributed by atoms with Crippen LogP contribution in [0.5, 0.6) is 0 Å². The number of aliphatic hydroxyl groups is 1. The second-order valence-corrected chi connectivity index (χ2v) is 31.7. The van der Waals surface area contributed by atoms with Crippen LogP contribution in [0.1, 0.15) is 389 Å². The zero-order chi connectivity index (χ0) is 70.1. The van der Waals surface area contributed by atoms with Crippen LogP contribution in [0.3, 0.4) is 0 Å². The molecule has 0 heterocycles. The van der Waals surface area contributed by atoms with E-state index >= 15 is 0 Å². The lowest BCUT2D eigenvalue weighted by Gasteiger charge is -2.21. The summed E-state index contributed by atoms with van der Waals surface area (Å²) in [5.74, 6) is 0.0985. The number of unbranched alkanes of at least 4 members (excludes halogenated alkanes) is 42. The number of aliphatic hydroxyl groups excluding tert-OH is 1. The van der Waals surface area contributed by atoms with E-state index in [4.69, 9.17) is 37.0 Å². The van der Waals surface area contributed by atoms with Crippen molar-refractivity contribution in [2.24, 2.45) is 17.8 Å². The zero-order valence-electron chi connectivity index (χ0n) is 62.1. The third-order valence-electron chi connectivity index (χ3n) is 17.6. The topological polar surface area (TPSA) is 237 Å². The van der Waals surface area contributed by atoms with Crippen molar-refractivity contribution >= 4 is 39.5 Å². The van der Waals surface area contributed by atoms with E-state index in [0.717, 1.165) is 108 Å². The molecule has 0 saturated carbocycles. The summed E-state index contributed by atoms with van der Waals surface area (Å²) in [6.45, 7) is 11.8. The summed E-state index contributed by atoms with van der Waals surface area (Å²) in [5, 5.41) is 10.6. The predicted octanol–water partition coefficient (Wildman–Crippen LogP) is 22.2. The van der Waals surface area contributed by atoms with Gasteiger partial charge in [0.25, 0.3) is 0 Å². The van der Waals surface area contributed by atoms with Crippen LogP contribution in [0.4, 0.5) is 0 Å². The first-order valence-electron chi connectivity index (χ1n) is 39.3. The van der Waals surface area contributed by atoms with Crippen molar-refractivity contribution in [2.45, 2.75) is 407 Å². The van der Waals surface area contributed by atoms with Crippen LogP contribution >= 0.6 is 15.6 Å². The highest BCUT2D eigenvalue weighted by atomic mass is 31.2. The van der Waals surface area contributed by atoms with Gasteiger partial charge in [-0.1, -0.05) is 337 Å². The first-order chi connectivity index (χ1) is 45.7. The number of ether oxygens (including phenoxy) is 4. The summed E-state index contributed by atoms with van der Waals surface area (Å²) in [4.78, 5) is 72.8. The number of phosphoric ester groups is 2. The molecule has 17 nitrogen and oxygen atoms in total. The van der Waals surface area contributed by atoms with Gasteiger partial charge in [-0.2, -0.15) is 0 Å². The quantitative estimate of drug-likeness (QED) is 0.0222. The Morgan fingerprint density at radius 1 is 0.284 bits per heavy atom. The normalized spacial score (nSPS) is 14.1. The van der Waals surface area contributed by atoms with Crippen molar-refractivity contribution in [3.63, 3.8) is 0 Å². The molecule has 5 atom stereocenters. The van der Waals surface area contributed by atoms with Gasteiger partial charge in [0.1, 0.15) is 19.3 Å². The molecule has 0 rings (SSSR count). The smallest absolute Gasteiger partial charge is 0.462 e. The Labute approximate surface area is 581 Å². The SMILES string of the molecule is CCCCCCCCCCCCCCCCCCC(=O)OC[C@H](COP(=O)(O)OC[C@@H](O)COP(=O)(O)OC[C@@H](COC(=O)CCCCCCCCC(C)C)OC(=O)CCCCCCCCCCCC(C)C)OC(=O)CCCCCCCCCCCCCCCCCC(C)C. The van der Waals surface area contributed by atoms with Crippen LogP contribution in [-0.4, -0.2) is 96.7 Å². The second kappa shape index (κ2) is 66.6. The fraction of sp³-hybridized carbons (Fsp3) is 0.947.